The summed E-state index contributed by atoms with van der Waals surface area (Å²) < 4.78 is 0. The molecule has 1 heterocycles. The molecule has 2 aromatic rings. The van der Waals surface area contributed by atoms with Gasteiger partial charge in [0.05, 0.1) is 11.8 Å². The highest BCUT2D eigenvalue weighted by Crippen LogP contribution is 2.44. The number of nitrogens with two attached hydrogens (primary N) is 1. The van der Waals surface area contributed by atoms with Crippen LogP contribution in [0.25, 0.3) is 6.08 Å². The van der Waals surface area contributed by atoms with Crippen LogP contribution in [0.5, 0.6) is 0 Å². The average Bonchev–Trinajstić information content (AvgIpc) is 3.05. The molecule has 0 spiro atoms. The van der Waals surface area contributed by atoms with Crippen molar-refractivity contribution in [2.45, 2.75) is 25.3 Å². The summed E-state index contributed by atoms with van der Waals surface area (Å²) in [4.78, 5) is 0. The van der Waals surface area contributed by atoms with Gasteiger partial charge in [-0.15, -0.1) is 0 Å². The first-order valence-electron chi connectivity index (χ1n) is 8.82. The number of benzene rings is 2. The number of allylic oxidation sites excluding steroid dienone is 1. The Kier molecular flexibility index (Phi) is 4.79. The smallest absolute Gasteiger partial charge is 0.187 e. The van der Waals surface area contributed by atoms with Gasteiger partial charge in [-0.3, -0.25) is 0 Å². The van der Waals surface area contributed by atoms with Gasteiger partial charge >= 0.3 is 0 Å². The number of hydrogen-bond acceptors (Lipinski definition) is 2. The first-order chi connectivity index (χ1) is 12.6. The van der Waals surface area contributed by atoms with E-state index in [1.165, 1.54) is 11.1 Å². The lowest BCUT2D eigenvalue weighted by molar-refractivity contribution is 0.305. The van der Waals surface area contributed by atoms with Crippen molar-refractivity contribution in [2.75, 3.05) is 0 Å². The summed E-state index contributed by atoms with van der Waals surface area (Å²) in [6.07, 6.45) is 5.46. The van der Waals surface area contributed by atoms with Crippen LogP contribution >= 0.6 is 23.8 Å². The maximum absolute atomic E-state index is 6.01. The van der Waals surface area contributed by atoms with E-state index in [1.54, 1.807) is 0 Å². The van der Waals surface area contributed by atoms with Crippen LogP contribution in [0.3, 0.4) is 0 Å². The van der Waals surface area contributed by atoms with Gasteiger partial charge in [-0.05, 0) is 66.4 Å². The summed E-state index contributed by atoms with van der Waals surface area (Å²) in [5.41, 5.74) is 10.7. The van der Waals surface area contributed by atoms with Gasteiger partial charge < -0.3 is 5.73 Å². The second kappa shape index (κ2) is 7.22. The van der Waals surface area contributed by atoms with Crippen molar-refractivity contribution in [3.8, 4) is 0 Å². The molecule has 1 aliphatic carbocycles. The maximum atomic E-state index is 6.01. The molecule has 2 unspecified atom stereocenters. The van der Waals surface area contributed by atoms with E-state index in [-0.39, 0.29) is 6.04 Å². The van der Waals surface area contributed by atoms with Crippen LogP contribution in [0.2, 0.25) is 5.02 Å². The Morgan fingerprint density at radius 1 is 1.15 bits per heavy atom. The Morgan fingerprint density at radius 2 is 1.88 bits per heavy atom. The van der Waals surface area contributed by atoms with Crippen LogP contribution in [0.1, 0.15) is 36.4 Å². The molecule has 2 aliphatic rings. The summed E-state index contributed by atoms with van der Waals surface area (Å²) in [6.45, 7) is 0. The van der Waals surface area contributed by atoms with Gasteiger partial charge in [0.15, 0.2) is 5.11 Å². The average molecular weight is 382 g/mol. The minimum atomic E-state index is 0.0811. The van der Waals surface area contributed by atoms with Crippen molar-refractivity contribution >= 4 is 40.7 Å². The topological polar surface area (TPSA) is 41.6 Å². The number of rotatable bonds is 2. The van der Waals surface area contributed by atoms with Crippen LogP contribution < -0.4 is 5.73 Å². The minimum Gasteiger partial charge on any atom is -0.375 e. The molecule has 2 aromatic carbocycles. The zero-order chi connectivity index (χ0) is 18.1. The largest absolute Gasteiger partial charge is 0.375 e. The zero-order valence-electron chi connectivity index (χ0n) is 14.3. The van der Waals surface area contributed by atoms with Gasteiger partial charge in [-0.1, -0.05) is 54.1 Å². The maximum Gasteiger partial charge on any atom is 0.187 e. The van der Waals surface area contributed by atoms with E-state index in [1.807, 2.05) is 35.3 Å². The fraction of sp³-hybridized carbons (Fsp3) is 0.238. The molecule has 0 amide bonds. The quantitative estimate of drug-likeness (QED) is 0.728. The predicted octanol–water partition coefficient (Wildman–Crippen LogP) is 5.18. The summed E-state index contributed by atoms with van der Waals surface area (Å²) in [7, 11) is 0. The number of fused-ring (bicyclic) bond motifs is 1. The molecule has 1 fully saturated rings. The molecule has 2 N–H and O–H groups in total. The highest BCUT2D eigenvalue weighted by Gasteiger charge is 2.42. The third kappa shape index (κ3) is 3.27. The number of thiocarbonyl (C=S) groups is 1. The van der Waals surface area contributed by atoms with E-state index in [0.717, 1.165) is 35.6 Å². The molecular weight excluding hydrogens is 362 g/mol. The van der Waals surface area contributed by atoms with Crippen molar-refractivity contribution < 1.29 is 0 Å². The van der Waals surface area contributed by atoms with Gasteiger partial charge in [0.1, 0.15) is 0 Å². The predicted molar refractivity (Wildman–Crippen MR) is 112 cm³/mol. The monoisotopic (exact) mass is 381 g/mol. The van der Waals surface area contributed by atoms with Crippen molar-refractivity contribution in [3.05, 3.63) is 76.3 Å². The second-order valence-corrected chi connectivity index (χ2v) is 7.60. The van der Waals surface area contributed by atoms with Crippen molar-refractivity contribution in [3.63, 3.8) is 0 Å². The third-order valence-corrected chi connectivity index (χ3v) is 5.52. The van der Waals surface area contributed by atoms with Crippen LogP contribution in [0, 0.1) is 5.92 Å². The van der Waals surface area contributed by atoms with Gasteiger partial charge in [0.25, 0.3) is 0 Å². The number of hydrogen-bond donors (Lipinski definition) is 1. The molecule has 0 bridgehead atoms. The molecular formula is C21H20ClN3S. The van der Waals surface area contributed by atoms with E-state index < -0.39 is 0 Å². The normalized spacial score (nSPS) is 23.7. The number of halogens is 1. The Morgan fingerprint density at radius 3 is 2.58 bits per heavy atom. The van der Waals surface area contributed by atoms with Gasteiger partial charge in [-0.2, -0.15) is 5.10 Å². The SMILES string of the molecule is NC(=S)N1N=C2/C(=C\c3ccc(Cl)cc3)CCCC2C1c1ccccc1. The van der Waals surface area contributed by atoms with Crippen molar-refractivity contribution in [1.82, 2.24) is 5.01 Å². The lowest BCUT2D eigenvalue weighted by Gasteiger charge is -2.29. The standard InChI is InChI=1S/C21H20ClN3S/c22-17-11-9-14(10-12-17)13-16-7-4-8-18-19(16)24-25(21(23)26)20(18)15-5-2-1-3-6-15/h1-3,5-6,9-13,18,20H,4,7-8H2,(H2,23,26)/b16-13-. The van der Waals surface area contributed by atoms with Gasteiger partial charge in [-0.25, -0.2) is 5.01 Å². The van der Waals surface area contributed by atoms with Crippen LogP contribution in [0.4, 0.5) is 0 Å². The Labute approximate surface area is 164 Å². The fourth-order valence-corrected chi connectivity index (χ4v) is 4.21. The number of nitrogens with zero attached hydrogens (tertiary/aromatic N) is 2. The molecule has 1 saturated carbocycles. The zero-order valence-corrected chi connectivity index (χ0v) is 15.9. The molecule has 132 valence electrons. The Balaban J connectivity index is 1.72. The van der Waals surface area contributed by atoms with E-state index in [4.69, 9.17) is 34.7 Å². The summed E-state index contributed by atoms with van der Waals surface area (Å²) in [5, 5.41) is 7.75. The van der Waals surface area contributed by atoms with Crippen molar-refractivity contribution in [1.29, 1.82) is 0 Å². The minimum absolute atomic E-state index is 0.0811. The van der Waals surface area contributed by atoms with E-state index in [9.17, 15) is 0 Å². The fourth-order valence-electron chi connectivity index (χ4n) is 3.93. The molecule has 1 aliphatic heterocycles. The molecule has 0 aromatic heterocycles. The third-order valence-electron chi connectivity index (χ3n) is 5.08. The Hall–Kier alpha value is -2.17. The highest BCUT2D eigenvalue weighted by atomic mass is 35.5. The molecule has 4 rings (SSSR count). The first-order valence-corrected chi connectivity index (χ1v) is 9.61. The second-order valence-electron chi connectivity index (χ2n) is 6.74. The van der Waals surface area contributed by atoms with Gasteiger partial charge in [0, 0.05) is 10.9 Å². The van der Waals surface area contributed by atoms with Crippen LogP contribution in [-0.2, 0) is 0 Å². The van der Waals surface area contributed by atoms with E-state index in [2.05, 4.69) is 30.3 Å². The van der Waals surface area contributed by atoms with Crippen LogP contribution in [-0.4, -0.2) is 15.8 Å². The summed E-state index contributed by atoms with van der Waals surface area (Å²) >= 11 is 11.3. The lowest BCUT2D eigenvalue weighted by Crippen LogP contribution is -2.34. The molecule has 26 heavy (non-hydrogen) atoms. The van der Waals surface area contributed by atoms with Crippen molar-refractivity contribution in [2.24, 2.45) is 16.8 Å². The number of hydrazone groups is 1. The van der Waals surface area contributed by atoms with Crippen LogP contribution in [0.15, 0.2) is 65.3 Å². The molecule has 5 heteroatoms. The molecule has 0 saturated heterocycles. The Bertz CT molecular complexity index is 874. The lowest BCUT2D eigenvalue weighted by atomic mass is 9.77. The molecule has 2 atom stereocenters. The molecule has 0 radical (unpaired) electrons. The van der Waals surface area contributed by atoms with Gasteiger partial charge in [0.2, 0.25) is 0 Å². The summed E-state index contributed by atoms with van der Waals surface area (Å²) in [6, 6.07) is 18.4. The highest BCUT2D eigenvalue weighted by molar-refractivity contribution is 7.80. The van der Waals surface area contributed by atoms with E-state index in [0.29, 0.717) is 11.0 Å². The molecule has 3 nitrogen and oxygen atoms in total. The van der Waals surface area contributed by atoms with E-state index >= 15 is 0 Å². The first kappa shape index (κ1) is 17.3. The summed E-state index contributed by atoms with van der Waals surface area (Å²) in [5.74, 6) is 0.311.